The Morgan fingerprint density at radius 1 is 1.18 bits per heavy atom. The quantitative estimate of drug-likeness (QED) is 0.674. The molecule has 150 valence electrons. The highest BCUT2D eigenvalue weighted by Crippen LogP contribution is 2.09. The minimum atomic E-state index is -1.37. The van der Waals surface area contributed by atoms with Crippen LogP contribution in [0.25, 0.3) is 0 Å². The van der Waals surface area contributed by atoms with Crippen molar-refractivity contribution >= 4 is 17.7 Å². The summed E-state index contributed by atoms with van der Waals surface area (Å²) >= 11 is 0. The number of nitrogens with zero attached hydrogens (tertiary/aromatic N) is 2. The molecule has 0 spiro atoms. The molecule has 0 aliphatic rings. The molecule has 0 saturated heterocycles. The van der Waals surface area contributed by atoms with Gasteiger partial charge in [0, 0.05) is 19.7 Å². The Balaban J connectivity index is 2.18. The van der Waals surface area contributed by atoms with Gasteiger partial charge in [-0.3, -0.25) is 14.9 Å². The van der Waals surface area contributed by atoms with Gasteiger partial charge in [-0.1, -0.05) is 37.3 Å². The fourth-order valence-electron chi connectivity index (χ4n) is 3.03. The number of benzene rings is 1. The Morgan fingerprint density at radius 3 is 2.39 bits per heavy atom. The summed E-state index contributed by atoms with van der Waals surface area (Å²) in [5.41, 5.74) is -0.0721. The van der Waals surface area contributed by atoms with Crippen LogP contribution in [-0.4, -0.2) is 44.0 Å². The zero-order chi connectivity index (χ0) is 20.8. The molecule has 2 atom stereocenters. The van der Waals surface area contributed by atoms with Crippen LogP contribution in [0, 0.1) is 0 Å². The van der Waals surface area contributed by atoms with Gasteiger partial charge in [-0.25, -0.2) is 14.2 Å². The first-order valence-corrected chi connectivity index (χ1v) is 9.14. The van der Waals surface area contributed by atoms with Crippen LogP contribution in [0.15, 0.2) is 41.3 Å². The first-order chi connectivity index (χ1) is 13.3. The van der Waals surface area contributed by atoms with Gasteiger partial charge in [0.2, 0.25) is 0 Å². The second-order valence-corrected chi connectivity index (χ2v) is 6.67. The highest BCUT2D eigenvalue weighted by molar-refractivity contribution is 5.94. The van der Waals surface area contributed by atoms with Gasteiger partial charge >= 0.3 is 11.7 Å². The number of hydrogen-bond donors (Lipinski definition) is 2. The number of aryl methyl sites for hydroxylation is 2. The van der Waals surface area contributed by atoms with Crippen molar-refractivity contribution in [1.82, 2.24) is 14.5 Å². The Kier molecular flexibility index (Phi) is 7.06. The lowest BCUT2D eigenvalue weighted by molar-refractivity contribution is -0.121. The highest BCUT2D eigenvalue weighted by Gasteiger charge is 2.28. The summed E-state index contributed by atoms with van der Waals surface area (Å²) in [5.74, 6) is -2.13. The molecule has 8 nitrogen and oxygen atoms in total. The third kappa shape index (κ3) is 4.83. The van der Waals surface area contributed by atoms with Crippen molar-refractivity contribution in [3.63, 3.8) is 0 Å². The van der Waals surface area contributed by atoms with Crippen LogP contribution in [0.4, 0.5) is 0 Å². The lowest BCUT2D eigenvalue weighted by Crippen LogP contribution is -2.49. The molecule has 0 unspecified atom stereocenters. The zero-order valence-corrected chi connectivity index (χ0v) is 16.2. The maximum Gasteiger partial charge on any atom is 0.354 e. The van der Waals surface area contributed by atoms with Crippen molar-refractivity contribution in [2.75, 3.05) is 0 Å². The third-order valence-corrected chi connectivity index (χ3v) is 4.61. The molecule has 8 heteroatoms. The van der Waals surface area contributed by atoms with Crippen molar-refractivity contribution in [3.8, 4) is 0 Å². The Bertz CT molecular complexity index is 914. The number of hydrogen-bond acceptors (Lipinski definition) is 5. The fourth-order valence-corrected chi connectivity index (χ4v) is 3.03. The van der Waals surface area contributed by atoms with E-state index in [1.54, 1.807) is 6.92 Å². The average Bonchev–Trinajstić information content (AvgIpc) is 2.99. The van der Waals surface area contributed by atoms with Crippen molar-refractivity contribution in [3.05, 3.63) is 58.3 Å². The minimum absolute atomic E-state index is 0.0468. The number of carboxylic acid groups (broad SMARTS) is 1. The highest BCUT2D eigenvalue weighted by atomic mass is 16.4. The Hall–Kier alpha value is -3.00. The number of imidazole rings is 1. The predicted octanol–water partition coefficient (Wildman–Crippen LogP) is 1.48. The molecule has 0 aliphatic carbocycles. The largest absolute Gasteiger partial charge is 0.477 e. The molecule has 0 radical (unpaired) electrons. The smallest absolute Gasteiger partial charge is 0.354 e. The molecule has 1 aromatic heterocycles. The zero-order valence-electron chi connectivity index (χ0n) is 16.2. The number of ketones is 1. The van der Waals surface area contributed by atoms with E-state index in [1.165, 1.54) is 14.0 Å². The SMILES string of the molecule is CCC(=O)[C@H](CCc1ccccc1)N[C@@H](C)C(=O)n1c(C(=O)O)cn(C)c1=O. The van der Waals surface area contributed by atoms with Crippen molar-refractivity contribution in [1.29, 1.82) is 0 Å². The van der Waals surface area contributed by atoms with Gasteiger partial charge in [0.15, 0.2) is 5.69 Å². The summed E-state index contributed by atoms with van der Waals surface area (Å²) in [5, 5.41) is 12.2. The average molecular weight is 387 g/mol. The van der Waals surface area contributed by atoms with Crippen LogP contribution < -0.4 is 11.0 Å². The summed E-state index contributed by atoms with van der Waals surface area (Å²) in [4.78, 5) is 48.6. The van der Waals surface area contributed by atoms with E-state index in [2.05, 4.69) is 5.32 Å². The predicted molar refractivity (Wildman–Crippen MR) is 104 cm³/mol. The number of carbonyl (C=O) groups is 3. The van der Waals surface area contributed by atoms with E-state index >= 15 is 0 Å². The Morgan fingerprint density at radius 2 is 1.82 bits per heavy atom. The molecule has 0 amide bonds. The molecular formula is C20H25N3O5. The number of aromatic carboxylic acids is 1. The van der Waals surface area contributed by atoms with E-state index in [0.717, 1.165) is 16.3 Å². The molecule has 2 rings (SSSR count). The van der Waals surface area contributed by atoms with E-state index in [0.29, 0.717) is 23.8 Å². The summed E-state index contributed by atoms with van der Waals surface area (Å²) in [6, 6.07) is 8.19. The van der Waals surface area contributed by atoms with Crippen LogP contribution in [0.3, 0.4) is 0 Å². The van der Waals surface area contributed by atoms with Crippen LogP contribution in [-0.2, 0) is 18.3 Å². The maximum absolute atomic E-state index is 12.7. The van der Waals surface area contributed by atoms with Gasteiger partial charge < -0.3 is 9.67 Å². The van der Waals surface area contributed by atoms with E-state index in [-0.39, 0.29) is 5.78 Å². The topological polar surface area (TPSA) is 110 Å². The number of Topliss-reactive ketones (excluding diaryl/α,β-unsaturated/α-hetero) is 1. The molecule has 0 fully saturated rings. The first-order valence-electron chi connectivity index (χ1n) is 9.14. The van der Waals surface area contributed by atoms with Gasteiger partial charge in [0.05, 0.1) is 12.1 Å². The van der Waals surface area contributed by atoms with Crippen LogP contribution in [0.5, 0.6) is 0 Å². The summed E-state index contributed by atoms with van der Waals surface area (Å²) in [6.45, 7) is 3.27. The number of nitrogens with one attached hydrogen (secondary N) is 1. The van der Waals surface area contributed by atoms with E-state index in [1.807, 2.05) is 30.3 Å². The third-order valence-electron chi connectivity index (χ3n) is 4.61. The molecule has 1 heterocycles. The molecule has 2 N–H and O–H groups in total. The van der Waals surface area contributed by atoms with Crippen molar-refractivity contribution in [2.24, 2.45) is 7.05 Å². The lowest BCUT2D eigenvalue weighted by Gasteiger charge is -2.21. The molecule has 0 aliphatic heterocycles. The lowest BCUT2D eigenvalue weighted by atomic mass is 10.00. The minimum Gasteiger partial charge on any atom is -0.477 e. The summed E-state index contributed by atoms with van der Waals surface area (Å²) in [7, 11) is 1.37. The molecule has 28 heavy (non-hydrogen) atoms. The summed E-state index contributed by atoms with van der Waals surface area (Å²) in [6.07, 6.45) is 2.54. The number of carboxylic acids is 1. The second kappa shape index (κ2) is 9.27. The monoisotopic (exact) mass is 387 g/mol. The standard InChI is InChI=1S/C20H25N3O5/c1-4-17(24)15(11-10-14-8-6-5-7-9-14)21-13(2)18(25)23-16(19(26)27)12-22(3)20(23)28/h5-9,12-13,15,21H,4,10-11H2,1-3H3,(H,26,27)/t13-,15-/m0/s1. The van der Waals surface area contributed by atoms with Crippen molar-refractivity contribution < 1.29 is 19.5 Å². The fraction of sp³-hybridized carbons (Fsp3) is 0.400. The normalized spacial score (nSPS) is 13.1. The van der Waals surface area contributed by atoms with E-state index in [4.69, 9.17) is 0 Å². The number of aromatic nitrogens is 2. The van der Waals surface area contributed by atoms with Gasteiger partial charge in [-0.2, -0.15) is 0 Å². The molecular weight excluding hydrogens is 362 g/mol. The molecule has 1 aromatic carbocycles. The van der Waals surface area contributed by atoms with E-state index < -0.39 is 35.3 Å². The van der Waals surface area contributed by atoms with Gasteiger partial charge in [0.25, 0.3) is 5.91 Å². The van der Waals surface area contributed by atoms with Gasteiger partial charge in [0.1, 0.15) is 5.78 Å². The molecule has 0 saturated carbocycles. The first kappa shape index (κ1) is 21.3. The van der Waals surface area contributed by atoms with Crippen LogP contribution in [0.1, 0.15) is 47.5 Å². The molecule has 2 aromatic rings. The summed E-state index contributed by atoms with van der Waals surface area (Å²) < 4.78 is 1.67. The second-order valence-electron chi connectivity index (χ2n) is 6.67. The number of rotatable bonds is 9. The van der Waals surface area contributed by atoms with Crippen LogP contribution in [0.2, 0.25) is 0 Å². The van der Waals surface area contributed by atoms with Gasteiger partial charge in [-0.05, 0) is 25.3 Å². The Labute approximate surface area is 162 Å². The maximum atomic E-state index is 12.7. The molecule has 0 bridgehead atoms. The van der Waals surface area contributed by atoms with E-state index in [9.17, 15) is 24.3 Å². The number of carbonyl (C=O) groups excluding carboxylic acids is 2. The van der Waals surface area contributed by atoms with Gasteiger partial charge in [-0.15, -0.1) is 0 Å². The van der Waals surface area contributed by atoms with Crippen LogP contribution >= 0.6 is 0 Å². The van der Waals surface area contributed by atoms with Crippen molar-refractivity contribution in [2.45, 2.75) is 45.2 Å².